The molecule has 100 valence electrons. The average Bonchev–Trinajstić information content (AvgIpc) is 2.92. The van der Waals surface area contributed by atoms with Crippen molar-refractivity contribution in [2.45, 2.75) is 19.4 Å². The smallest absolute Gasteiger partial charge is 0.251 e. The van der Waals surface area contributed by atoms with Crippen LogP contribution in [-0.4, -0.2) is 38.7 Å². The molecule has 0 fully saturated rings. The number of benzene rings is 1. The second-order valence-electron chi connectivity index (χ2n) is 4.33. The number of tetrazole rings is 1. The normalized spacial score (nSPS) is 12.1. The fourth-order valence-electron chi connectivity index (χ4n) is 1.58. The molecule has 0 radical (unpaired) electrons. The van der Waals surface area contributed by atoms with E-state index in [-0.39, 0.29) is 11.9 Å². The summed E-state index contributed by atoms with van der Waals surface area (Å²) in [6, 6.07) is 7.17. The molecule has 2 rings (SSSR count). The summed E-state index contributed by atoms with van der Waals surface area (Å²) in [7, 11) is 0. The van der Waals surface area contributed by atoms with Crippen LogP contribution in [0.4, 0.5) is 0 Å². The number of nitrogens with two attached hydrogens (primary N) is 1. The van der Waals surface area contributed by atoms with Gasteiger partial charge in [0.25, 0.3) is 5.91 Å². The molecule has 2 aromatic rings. The Morgan fingerprint density at radius 3 is 3.05 bits per heavy atom. The quantitative estimate of drug-likeness (QED) is 0.796. The lowest BCUT2D eigenvalue weighted by atomic mass is 10.2. The Kier molecular flexibility index (Phi) is 4.19. The van der Waals surface area contributed by atoms with Crippen LogP contribution in [0.2, 0.25) is 0 Å². The van der Waals surface area contributed by atoms with E-state index in [1.54, 1.807) is 18.2 Å². The van der Waals surface area contributed by atoms with Crippen molar-refractivity contribution in [3.63, 3.8) is 0 Å². The summed E-state index contributed by atoms with van der Waals surface area (Å²) in [5, 5.41) is 13.7. The summed E-state index contributed by atoms with van der Waals surface area (Å²) in [6.45, 7) is 2.47. The maximum absolute atomic E-state index is 11.9. The number of hydrogen-bond donors (Lipinski definition) is 2. The molecule has 0 aliphatic carbocycles. The fourth-order valence-corrected chi connectivity index (χ4v) is 1.58. The summed E-state index contributed by atoms with van der Waals surface area (Å²) < 4.78 is 1.50. The predicted molar refractivity (Wildman–Crippen MR) is 69.8 cm³/mol. The molecular formula is C12H16N6O. The topological polar surface area (TPSA) is 98.7 Å². The Morgan fingerprint density at radius 2 is 2.37 bits per heavy atom. The monoisotopic (exact) mass is 260 g/mol. The highest BCUT2D eigenvalue weighted by Gasteiger charge is 2.07. The summed E-state index contributed by atoms with van der Waals surface area (Å²) in [5.41, 5.74) is 6.94. The van der Waals surface area contributed by atoms with E-state index in [4.69, 9.17) is 5.73 Å². The zero-order chi connectivity index (χ0) is 13.7. The standard InChI is InChI=1S/C12H16N6O/c1-9(13)5-6-14-12(19)10-3-2-4-11(7-10)18-8-15-16-17-18/h2-4,7-9H,5-6,13H2,1H3,(H,14,19). The first kappa shape index (κ1) is 13.2. The minimum atomic E-state index is -0.129. The average molecular weight is 260 g/mol. The molecule has 0 aliphatic rings. The maximum atomic E-state index is 11.9. The molecule has 1 unspecified atom stereocenters. The van der Waals surface area contributed by atoms with Crippen LogP contribution < -0.4 is 11.1 Å². The lowest BCUT2D eigenvalue weighted by molar-refractivity contribution is 0.0953. The molecule has 0 spiro atoms. The largest absolute Gasteiger partial charge is 0.352 e. The molecule has 1 aromatic heterocycles. The Balaban J connectivity index is 2.04. The molecule has 1 heterocycles. The van der Waals surface area contributed by atoms with Gasteiger partial charge >= 0.3 is 0 Å². The van der Waals surface area contributed by atoms with Crippen LogP contribution in [0, 0.1) is 0 Å². The van der Waals surface area contributed by atoms with E-state index in [1.165, 1.54) is 11.0 Å². The summed E-state index contributed by atoms with van der Waals surface area (Å²) in [5.74, 6) is -0.129. The molecule has 7 heteroatoms. The number of amides is 1. The Bertz CT molecular complexity index is 537. The third-order valence-corrected chi connectivity index (χ3v) is 2.61. The lowest BCUT2D eigenvalue weighted by Crippen LogP contribution is -2.29. The molecule has 1 aromatic carbocycles. The number of aromatic nitrogens is 4. The highest BCUT2D eigenvalue weighted by Crippen LogP contribution is 2.08. The van der Waals surface area contributed by atoms with Crippen LogP contribution in [0.25, 0.3) is 5.69 Å². The predicted octanol–water partition coefficient (Wildman–Crippen LogP) is 0.129. The molecular weight excluding hydrogens is 244 g/mol. The zero-order valence-corrected chi connectivity index (χ0v) is 10.7. The highest BCUT2D eigenvalue weighted by atomic mass is 16.1. The van der Waals surface area contributed by atoms with Crippen LogP contribution in [0.5, 0.6) is 0 Å². The lowest BCUT2D eigenvalue weighted by Gasteiger charge is -2.08. The van der Waals surface area contributed by atoms with E-state index in [9.17, 15) is 4.79 Å². The maximum Gasteiger partial charge on any atom is 0.251 e. The van der Waals surface area contributed by atoms with E-state index in [0.717, 1.165) is 12.1 Å². The number of carbonyl (C=O) groups excluding carboxylic acids is 1. The summed E-state index contributed by atoms with van der Waals surface area (Å²) in [4.78, 5) is 11.9. The number of hydrogen-bond acceptors (Lipinski definition) is 5. The van der Waals surface area contributed by atoms with Gasteiger partial charge in [-0.05, 0) is 42.0 Å². The molecule has 1 amide bonds. The molecule has 1 atom stereocenters. The van der Waals surface area contributed by atoms with E-state index < -0.39 is 0 Å². The van der Waals surface area contributed by atoms with E-state index >= 15 is 0 Å². The zero-order valence-electron chi connectivity index (χ0n) is 10.7. The van der Waals surface area contributed by atoms with Crippen molar-refractivity contribution < 1.29 is 4.79 Å². The minimum absolute atomic E-state index is 0.0767. The van der Waals surface area contributed by atoms with Crippen molar-refractivity contribution in [1.82, 2.24) is 25.5 Å². The fraction of sp³-hybridized carbons (Fsp3) is 0.333. The van der Waals surface area contributed by atoms with Crippen LogP contribution in [0.3, 0.4) is 0 Å². The molecule has 7 nitrogen and oxygen atoms in total. The number of nitrogens with zero attached hydrogens (tertiary/aromatic N) is 4. The van der Waals surface area contributed by atoms with E-state index in [0.29, 0.717) is 12.1 Å². The van der Waals surface area contributed by atoms with Crippen molar-refractivity contribution in [1.29, 1.82) is 0 Å². The van der Waals surface area contributed by atoms with Crippen LogP contribution in [0.1, 0.15) is 23.7 Å². The van der Waals surface area contributed by atoms with Gasteiger partial charge in [-0.2, -0.15) is 0 Å². The molecule has 0 aliphatic heterocycles. The van der Waals surface area contributed by atoms with Gasteiger partial charge in [0.05, 0.1) is 5.69 Å². The van der Waals surface area contributed by atoms with Gasteiger partial charge in [-0.1, -0.05) is 6.07 Å². The van der Waals surface area contributed by atoms with E-state index in [1.807, 2.05) is 13.0 Å². The third-order valence-electron chi connectivity index (χ3n) is 2.61. The van der Waals surface area contributed by atoms with Crippen molar-refractivity contribution in [3.05, 3.63) is 36.2 Å². The summed E-state index contributed by atoms with van der Waals surface area (Å²) >= 11 is 0. The molecule has 0 saturated carbocycles. The SMILES string of the molecule is CC(N)CCNC(=O)c1cccc(-n2cnnn2)c1. The Labute approximate surface area is 110 Å². The van der Waals surface area contributed by atoms with Gasteiger partial charge in [-0.15, -0.1) is 5.10 Å². The van der Waals surface area contributed by atoms with Gasteiger partial charge in [0, 0.05) is 18.2 Å². The van der Waals surface area contributed by atoms with Crippen molar-refractivity contribution in [3.8, 4) is 5.69 Å². The van der Waals surface area contributed by atoms with Crippen LogP contribution in [0.15, 0.2) is 30.6 Å². The van der Waals surface area contributed by atoms with Crippen molar-refractivity contribution in [2.75, 3.05) is 6.54 Å². The molecule has 0 bridgehead atoms. The second kappa shape index (κ2) is 6.05. The number of carbonyl (C=O) groups is 1. The third kappa shape index (κ3) is 3.59. The molecule has 3 N–H and O–H groups in total. The molecule has 19 heavy (non-hydrogen) atoms. The van der Waals surface area contributed by atoms with Gasteiger partial charge in [-0.3, -0.25) is 4.79 Å². The van der Waals surface area contributed by atoms with Crippen molar-refractivity contribution in [2.24, 2.45) is 5.73 Å². The van der Waals surface area contributed by atoms with E-state index in [2.05, 4.69) is 20.8 Å². The Morgan fingerprint density at radius 1 is 1.53 bits per heavy atom. The van der Waals surface area contributed by atoms with Crippen LogP contribution >= 0.6 is 0 Å². The number of rotatable bonds is 5. The van der Waals surface area contributed by atoms with Crippen LogP contribution in [-0.2, 0) is 0 Å². The summed E-state index contributed by atoms with van der Waals surface area (Å²) in [6.07, 6.45) is 2.23. The minimum Gasteiger partial charge on any atom is -0.352 e. The first-order valence-electron chi connectivity index (χ1n) is 6.04. The second-order valence-corrected chi connectivity index (χ2v) is 4.33. The van der Waals surface area contributed by atoms with Gasteiger partial charge in [-0.25, -0.2) is 4.68 Å². The highest BCUT2D eigenvalue weighted by molar-refractivity contribution is 5.94. The van der Waals surface area contributed by atoms with Crippen molar-refractivity contribution >= 4 is 5.91 Å². The molecule has 0 saturated heterocycles. The van der Waals surface area contributed by atoms with Gasteiger partial charge < -0.3 is 11.1 Å². The first-order chi connectivity index (χ1) is 9.16. The first-order valence-corrected chi connectivity index (χ1v) is 6.04. The van der Waals surface area contributed by atoms with Gasteiger partial charge in [0.2, 0.25) is 0 Å². The Hall–Kier alpha value is -2.28. The number of nitrogens with one attached hydrogen (secondary N) is 1. The van der Waals surface area contributed by atoms with Gasteiger partial charge in [0.1, 0.15) is 6.33 Å². The van der Waals surface area contributed by atoms with Gasteiger partial charge in [0.15, 0.2) is 0 Å².